The van der Waals surface area contributed by atoms with Crippen LogP contribution in [0.15, 0.2) is 72.4 Å². The Morgan fingerprint density at radius 1 is 0.871 bits per heavy atom. The molecule has 31 heavy (non-hydrogen) atoms. The summed E-state index contributed by atoms with van der Waals surface area (Å²) in [5, 5.41) is 0.800. The lowest BCUT2D eigenvalue weighted by Gasteiger charge is -2.22. The maximum absolute atomic E-state index is 13.7. The second-order valence-corrected chi connectivity index (χ2v) is 8.51. The van der Waals surface area contributed by atoms with Crippen LogP contribution >= 0.6 is 23.2 Å². The molecule has 0 atom stereocenters. The van der Waals surface area contributed by atoms with Crippen molar-refractivity contribution in [3.63, 3.8) is 0 Å². The smallest absolute Gasteiger partial charge is 0.282 e. The zero-order valence-electron chi connectivity index (χ0n) is 16.7. The van der Waals surface area contributed by atoms with E-state index in [9.17, 15) is 9.59 Å². The van der Waals surface area contributed by atoms with Gasteiger partial charge in [0.25, 0.3) is 11.8 Å². The van der Waals surface area contributed by atoms with Crippen LogP contribution in [0.1, 0.15) is 16.7 Å². The van der Waals surface area contributed by atoms with Crippen LogP contribution in [0, 0.1) is 6.92 Å². The average Bonchev–Trinajstić information content (AvgIpc) is 3.26. The van der Waals surface area contributed by atoms with Crippen molar-refractivity contribution in [2.75, 3.05) is 16.3 Å². The molecule has 3 aromatic rings. The number of para-hydroxylation sites is 1. The number of hydrogen-bond acceptors (Lipinski definition) is 3. The van der Waals surface area contributed by atoms with Gasteiger partial charge in [0.2, 0.25) is 0 Å². The number of aryl methyl sites for hydroxylation is 1. The minimum Gasteiger partial charge on any atom is -0.336 e. The van der Waals surface area contributed by atoms with Crippen molar-refractivity contribution in [2.45, 2.75) is 13.3 Å². The Kier molecular flexibility index (Phi) is 4.84. The predicted octanol–water partition coefficient (Wildman–Crippen LogP) is 5.65. The fourth-order valence-electron chi connectivity index (χ4n) is 4.28. The van der Waals surface area contributed by atoms with Gasteiger partial charge in [-0.3, -0.25) is 9.59 Å². The molecule has 2 heterocycles. The molecular formula is C25H18Cl2N2O2. The number of benzene rings is 3. The standard InChI is InChI=1S/C25H18Cl2N2O2/c1-15-5-4-7-18(13-15)29-24(30)22(19-10-9-17(26)14-20(19)27)23(25(29)31)28-12-11-16-6-2-3-8-21(16)28/h2-10,13-14H,11-12H2,1H3. The Hall–Kier alpha value is -3.08. The molecule has 0 N–H and O–H groups in total. The summed E-state index contributed by atoms with van der Waals surface area (Å²) in [6, 6.07) is 20.3. The van der Waals surface area contributed by atoms with E-state index in [1.54, 1.807) is 24.3 Å². The maximum Gasteiger partial charge on any atom is 0.282 e. The van der Waals surface area contributed by atoms with E-state index in [1.165, 1.54) is 4.90 Å². The molecule has 2 aliphatic heterocycles. The Morgan fingerprint density at radius 3 is 2.45 bits per heavy atom. The van der Waals surface area contributed by atoms with E-state index in [1.807, 2.05) is 54.3 Å². The second-order valence-electron chi connectivity index (χ2n) is 7.66. The Morgan fingerprint density at radius 2 is 1.68 bits per heavy atom. The first kappa shape index (κ1) is 19.9. The van der Waals surface area contributed by atoms with Crippen LogP contribution in [0.25, 0.3) is 5.57 Å². The monoisotopic (exact) mass is 448 g/mol. The van der Waals surface area contributed by atoms with Crippen molar-refractivity contribution in [1.29, 1.82) is 0 Å². The van der Waals surface area contributed by atoms with Crippen molar-refractivity contribution in [1.82, 2.24) is 0 Å². The van der Waals surface area contributed by atoms with Gasteiger partial charge in [0.1, 0.15) is 5.70 Å². The summed E-state index contributed by atoms with van der Waals surface area (Å²) >= 11 is 12.6. The predicted molar refractivity (Wildman–Crippen MR) is 125 cm³/mol. The van der Waals surface area contributed by atoms with Gasteiger partial charge in [-0.2, -0.15) is 0 Å². The van der Waals surface area contributed by atoms with Gasteiger partial charge in [0.15, 0.2) is 0 Å². The minimum absolute atomic E-state index is 0.296. The molecule has 2 aliphatic rings. The van der Waals surface area contributed by atoms with Crippen LogP contribution in [0.4, 0.5) is 11.4 Å². The number of imide groups is 1. The summed E-state index contributed by atoms with van der Waals surface area (Å²) in [4.78, 5) is 30.6. The van der Waals surface area contributed by atoms with E-state index in [-0.39, 0.29) is 11.8 Å². The van der Waals surface area contributed by atoms with Gasteiger partial charge in [-0.1, -0.05) is 59.6 Å². The average molecular weight is 449 g/mol. The molecule has 0 saturated carbocycles. The molecule has 0 aromatic heterocycles. The summed E-state index contributed by atoms with van der Waals surface area (Å²) in [5.74, 6) is -0.743. The zero-order chi connectivity index (χ0) is 21.7. The molecule has 0 radical (unpaired) electrons. The van der Waals surface area contributed by atoms with Gasteiger partial charge in [0, 0.05) is 22.8 Å². The fraction of sp³-hybridized carbons (Fsp3) is 0.120. The highest BCUT2D eigenvalue weighted by Crippen LogP contribution is 2.42. The fourth-order valence-corrected chi connectivity index (χ4v) is 4.78. The highest BCUT2D eigenvalue weighted by molar-refractivity contribution is 6.48. The van der Waals surface area contributed by atoms with Crippen molar-refractivity contribution in [3.05, 3.63) is 99.2 Å². The third-order valence-corrected chi connectivity index (χ3v) is 6.22. The summed E-state index contributed by atoms with van der Waals surface area (Å²) in [6.07, 6.45) is 0.799. The lowest BCUT2D eigenvalue weighted by atomic mass is 10.0. The second kappa shape index (κ2) is 7.56. The lowest BCUT2D eigenvalue weighted by Crippen LogP contribution is -2.34. The van der Waals surface area contributed by atoms with Gasteiger partial charge in [0.05, 0.1) is 16.3 Å². The Bertz CT molecular complexity index is 1280. The van der Waals surface area contributed by atoms with Gasteiger partial charge in [-0.15, -0.1) is 0 Å². The largest absolute Gasteiger partial charge is 0.336 e. The van der Waals surface area contributed by atoms with Crippen LogP contribution in [0.5, 0.6) is 0 Å². The van der Waals surface area contributed by atoms with Gasteiger partial charge < -0.3 is 4.90 Å². The topological polar surface area (TPSA) is 40.6 Å². The first-order valence-corrected chi connectivity index (χ1v) is 10.7. The molecule has 0 bridgehead atoms. The summed E-state index contributed by atoms with van der Waals surface area (Å²) in [7, 11) is 0. The van der Waals surface area contributed by atoms with Crippen molar-refractivity contribution in [2.24, 2.45) is 0 Å². The molecule has 0 unspecified atom stereocenters. The highest BCUT2D eigenvalue weighted by Gasteiger charge is 2.44. The van der Waals surface area contributed by atoms with Crippen LogP contribution in [-0.2, 0) is 16.0 Å². The number of halogens is 2. The number of amides is 2. The summed E-state index contributed by atoms with van der Waals surface area (Å²) < 4.78 is 0. The molecule has 5 rings (SSSR count). The minimum atomic E-state index is -0.390. The van der Waals surface area contributed by atoms with E-state index in [4.69, 9.17) is 23.2 Å². The summed E-state index contributed by atoms with van der Waals surface area (Å²) in [5.41, 5.74) is 4.73. The number of rotatable bonds is 3. The molecule has 0 fully saturated rings. The van der Waals surface area contributed by atoms with Crippen molar-refractivity contribution >= 4 is 52.0 Å². The van der Waals surface area contributed by atoms with Gasteiger partial charge >= 0.3 is 0 Å². The van der Waals surface area contributed by atoms with Crippen LogP contribution in [0.2, 0.25) is 10.0 Å². The molecule has 0 aliphatic carbocycles. The van der Waals surface area contributed by atoms with Crippen molar-refractivity contribution < 1.29 is 9.59 Å². The van der Waals surface area contributed by atoms with Crippen LogP contribution in [-0.4, -0.2) is 18.4 Å². The number of hydrogen-bond donors (Lipinski definition) is 0. The quantitative estimate of drug-likeness (QED) is 0.486. The first-order chi connectivity index (χ1) is 15.0. The normalized spacial score (nSPS) is 15.8. The number of fused-ring (bicyclic) bond motifs is 1. The van der Waals surface area contributed by atoms with Crippen LogP contribution < -0.4 is 9.80 Å². The molecule has 0 spiro atoms. The number of carbonyl (C=O) groups is 2. The number of carbonyl (C=O) groups excluding carboxylic acids is 2. The summed E-state index contributed by atoms with van der Waals surface area (Å²) in [6.45, 7) is 2.54. The first-order valence-electron chi connectivity index (χ1n) is 9.96. The lowest BCUT2D eigenvalue weighted by molar-refractivity contribution is -0.120. The van der Waals surface area contributed by atoms with E-state index < -0.39 is 0 Å². The molecule has 6 heteroatoms. The molecule has 0 saturated heterocycles. The molecule has 4 nitrogen and oxygen atoms in total. The molecular weight excluding hydrogens is 431 g/mol. The van der Waals surface area contributed by atoms with Crippen LogP contribution in [0.3, 0.4) is 0 Å². The van der Waals surface area contributed by atoms with E-state index in [2.05, 4.69) is 0 Å². The maximum atomic E-state index is 13.7. The molecule has 154 valence electrons. The van der Waals surface area contributed by atoms with Gasteiger partial charge in [-0.05, 0) is 54.8 Å². The number of anilines is 2. The molecule has 3 aromatic carbocycles. The third-order valence-electron chi connectivity index (χ3n) is 5.68. The van der Waals surface area contributed by atoms with E-state index in [0.717, 1.165) is 23.2 Å². The SMILES string of the molecule is Cc1cccc(N2C(=O)C(c3ccc(Cl)cc3Cl)=C(N3CCc4ccccc43)C2=O)c1. The molecule has 2 amide bonds. The third kappa shape index (κ3) is 3.23. The van der Waals surface area contributed by atoms with Crippen molar-refractivity contribution in [3.8, 4) is 0 Å². The highest BCUT2D eigenvalue weighted by atomic mass is 35.5. The zero-order valence-corrected chi connectivity index (χ0v) is 18.2. The number of nitrogens with zero attached hydrogens (tertiary/aromatic N) is 2. The van der Waals surface area contributed by atoms with Gasteiger partial charge in [-0.25, -0.2) is 4.90 Å². The van der Waals surface area contributed by atoms with E-state index in [0.29, 0.717) is 39.1 Å². The van der Waals surface area contributed by atoms with E-state index >= 15 is 0 Å². The Balaban J connectivity index is 1.72. The Labute approximate surface area is 190 Å².